The molecule has 0 aliphatic rings. The molecule has 1 rings (SSSR count). The van der Waals surface area contributed by atoms with Gasteiger partial charge in [0, 0.05) is 16.1 Å². The Morgan fingerprint density at radius 2 is 2.21 bits per heavy atom. The van der Waals surface area contributed by atoms with Gasteiger partial charge in [0.1, 0.15) is 0 Å². The van der Waals surface area contributed by atoms with E-state index in [1.54, 1.807) is 13.0 Å². The average Bonchev–Trinajstić information content (AvgIpc) is 2.32. The van der Waals surface area contributed by atoms with E-state index in [1.165, 1.54) is 6.07 Å². The van der Waals surface area contributed by atoms with Gasteiger partial charge in [-0.3, -0.25) is 14.9 Å². The van der Waals surface area contributed by atoms with Crippen LogP contribution in [0, 0.1) is 17.0 Å². The van der Waals surface area contributed by atoms with Gasteiger partial charge in [-0.1, -0.05) is 13.3 Å². The number of nitro benzene ring substituents is 1. The molecule has 0 saturated carbocycles. The van der Waals surface area contributed by atoms with Crippen LogP contribution in [-0.2, 0) is 4.79 Å². The van der Waals surface area contributed by atoms with Crippen LogP contribution in [-0.4, -0.2) is 16.9 Å². The van der Waals surface area contributed by atoms with Crippen LogP contribution in [0.3, 0.4) is 0 Å². The molecular weight excluding hydrogens is 314 g/mol. The van der Waals surface area contributed by atoms with Gasteiger partial charge < -0.3 is 11.1 Å². The normalized spacial score (nSPS) is 12.0. The molecule has 19 heavy (non-hydrogen) atoms. The largest absolute Gasteiger partial charge is 0.323 e. The van der Waals surface area contributed by atoms with E-state index in [4.69, 9.17) is 5.73 Å². The summed E-state index contributed by atoms with van der Waals surface area (Å²) in [5.41, 5.74) is 6.53. The average molecular weight is 330 g/mol. The molecule has 0 aliphatic carbocycles. The van der Waals surface area contributed by atoms with Crippen LogP contribution in [0.5, 0.6) is 0 Å². The Kier molecular flexibility index (Phi) is 5.44. The molecule has 0 aliphatic heterocycles. The van der Waals surface area contributed by atoms with Gasteiger partial charge in [0.15, 0.2) is 0 Å². The van der Waals surface area contributed by atoms with Crippen molar-refractivity contribution >= 4 is 33.2 Å². The molecule has 1 amide bonds. The number of hydrogen-bond donors (Lipinski definition) is 2. The zero-order chi connectivity index (χ0) is 14.6. The van der Waals surface area contributed by atoms with Gasteiger partial charge in [0.2, 0.25) is 5.91 Å². The third-order valence-electron chi connectivity index (χ3n) is 2.68. The van der Waals surface area contributed by atoms with Crippen LogP contribution in [0.15, 0.2) is 16.6 Å². The summed E-state index contributed by atoms with van der Waals surface area (Å²) in [7, 11) is 0. The quantitative estimate of drug-likeness (QED) is 0.640. The van der Waals surface area contributed by atoms with Gasteiger partial charge in [-0.15, -0.1) is 0 Å². The van der Waals surface area contributed by atoms with E-state index in [1.807, 2.05) is 6.92 Å². The van der Waals surface area contributed by atoms with Gasteiger partial charge in [0.05, 0.1) is 16.7 Å². The van der Waals surface area contributed by atoms with Gasteiger partial charge in [0.25, 0.3) is 5.69 Å². The summed E-state index contributed by atoms with van der Waals surface area (Å²) < 4.78 is 0.590. The molecule has 1 unspecified atom stereocenters. The molecule has 0 spiro atoms. The molecule has 0 heterocycles. The lowest BCUT2D eigenvalue weighted by atomic mass is 10.1. The second-order valence-electron chi connectivity index (χ2n) is 4.26. The molecular formula is C12H16BrN3O3. The van der Waals surface area contributed by atoms with Crippen molar-refractivity contribution < 1.29 is 9.72 Å². The molecule has 0 aromatic heterocycles. The minimum Gasteiger partial charge on any atom is -0.323 e. The van der Waals surface area contributed by atoms with Crippen molar-refractivity contribution in [3.63, 3.8) is 0 Å². The monoisotopic (exact) mass is 329 g/mol. The number of anilines is 1. The van der Waals surface area contributed by atoms with Gasteiger partial charge in [-0.2, -0.15) is 0 Å². The van der Waals surface area contributed by atoms with Crippen molar-refractivity contribution in [1.29, 1.82) is 0 Å². The summed E-state index contributed by atoms with van der Waals surface area (Å²) in [5.74, 6) is -0.347. The van der Waals surface area contributed by atoms with Crippen LogP contribution in [0.1, 0.15) is 25.3 Å². The molecule has 1 aromatic carbocycles. The molecule has 0 radical (unpaired) electrons. The summed E-state index contributed by atoms with van der Waals surface area (Å²) >= 11 is 3.27. The highest BCUT2D eigenvalue weighted by molar-refractivity contribution is 9.10. The Hall–Kier alpha value is -1.47. The van der Waals surface area contributed by atoms with E-state index in [2.05, 4.69) is 21.2 Å². The Morgan fingerprint density at radius 3 is 2.74 bits per heavy atom. The van der Waals surface area contributed by atoms with E-state index in [9.17, 15) is 14.9 Å². The fourth-order valence-corrected chi connectivity index (χ4v) is 2.18. The van der Waals surface area contributed by atoms with E-state index in [0.29, 0.717) is 22.1 Å². The molecule has 6 nitrogen and oxygen atoms in total. The fraction of sp³-hybridized carbons (Fsp3) is 0.417. The maximum absolute atomic E-state index is 11.8. The Labute approximate surface area is 119 Å². The minimum absolute atomic E-state index is 0.0393. The molecule has 7 heteroatoms. The number of amides is 1. The number of carbonyl (C=O) groups is 1. The zero-order valence-electron chi connectivity index (χ0n) is 10.8. The zero-order valence-corrected chi connectivity index (χ0v) is 12.4. The summed E-state index contributed by atoms with van der Waals surface area (Å²) in [6.07, 6.45) is 1.36. The number of hydrogen-bond acceptors (Lipinski definition) is 4. The molecule has 0 fully saturated rings. The lowest BCUT2D eigenvalue weighted by molar-refractivity contribution is -0.385. The Balaban J connectivity index is 2.98. The second kappa shape index (κ2) is 6.63. The van der Waals surface area contributed by atoms with Gasteiger partial charge >= 0.3 is 0 Å². The molecule has 1 atom stereocenters. The molecule has 0 saturated heterocycles. The number of nitrogens with zero attached hydrogens (tertiary/aromatic N) is 1. The highest BCUT2D eigenvalue weighted by Gasteiger charge is 2.18. The van der Waals surface area contributed by atoms with E-state index >= 15 is 0 Å². The highest BCUT2D eigenvalue weighted by Crippen LogP contribution is 2.30. The number of nitro groups is 1. The standard InChI is InChI=1S/C12H16BrN3O3/c1-3-4-9(14)12(17)15-10-6-11(16(18)19)7(2)5-8(10)13/h5-6,9H,3-4,14H2,1-2H3,(H,15,17). The Morgan fingerprint density at radius 1 is 1.58 bits per heavy atom. The maximum Gasteiger partial charge on any atom is 0.274 e. The van der Waals surface area contributed by atoms with Crippen molar-refractivity contribution in [2.24, 2.45) is 5.73 Å². The van der Waals surface area contributed by atoms with Crippen molar-refractivity contribution in [1.82, 2.24) is 0 Å². The topological polar surface area (TPSA) is 98.3 Å². The number of rotatable bonds is 5. The summed E-state index contributed by atoms with van der Waals surface area (Å²) in [4.78, 5) is 22.2. The van der Waals surface area contributed by atoms with Crippen molar-refractivity contribution in [3.05, 3.63) is 32.3 Å². The van der Waals surface area contributed by atoms with Crippen molar-refractivity contribution in [2.45, 2.75) is 32.7 Å². The first kappa shape index (κ1) is 15.6. The lowest BCUT2D eigenvalue weighted by Crippen LogP contribution is -2.35. The number of halogens is 1. The number of aryl methyl sites for hydroxylation is 1. The first-order chi connectivity index (χ1) is 8.86. The summed E-state index contributed by atoms with van der Waals surface area (Å²) in [6.45, 7) is 3.57. The van der Waals surface area contributed by atoms with Crippen molar-refractivity contribution in [3.8, 4) is 0 Å². The van der Waals surface area contributed by atoms with Gasteiger partial charge in [-0.05, 0) is 35.3 Å². The fourth-order valence-electron chi connectivity index (χ4n) is 1.62. The summed E-state index contributed by atoms with van der Waals surface area (Å²) in [5, 5.41) is 13.5. The third-order valence-corrected chi connectivity index (χ3v) is 3.33. The van der Waals surface area contributed by atoms with Crippen LogP contribution in [0.25, 0.3) is 0 Å². The third kappa shape index (κ3) is 4.00. The minimum atomic E-state index is -0.614. The number of carbonyl (C=O) groups excluding carboxylic acids is 1. The number of nitrogens with two attached hydrogens (primary N) is 1. The SMILES string of the molecule is CCCC(N)C(=O)Nc1cc([N+](=O)[O-])c(C)cc1Br. The van der Waals surface area contributed by atoms with E-state index in [0.717, 1.165) is 6.42 Å². The van der Waals surface area contributed by atoms with Gasteiger partial charge in [-0.25, -0.2) is 0 Å². The molecule has 3 N–H and O–H groups in total. The predicted molar refractivity (Wildman–Crippen MR) is 77.0 cm³/mol. The molecule has 104 valence electrons. The van der Waals surface area contributed by atoms with Crippen molar-refractivity contribution in [2.75, 3.05) is 5.32 Å². The van der Waals surface area contributed by atoms with E-state index in [-0.39, 0.29) is 11.6 Å². The first-order valence-electron chi connectivity index (χ1n) is 5.87. The maximum atomic E-state index is 11.8. The van der Waals surface area contributed by atoms with Crippen LogP contribution < -0.4 is 11.1 Å². The van der Waals surface area contributed by atoms with Crippen LogP contribution in [0.4, 0.5) is 11.4 Å². The number of benzene rings is 1. The van der Waals surface area contributed by atoms with Crippen LogP contribution >= 0.6 is 15.9 Å². The highest BCUT2D eigenvalue weighted by atomic mass is 79.9. The second-order valence-corrected chi connectivity index (χ2v) is 5.11. The Bertz CT molecular complexity index is 505. The smallest absolute Gasteiger partial charge is 0.274 e. The number of nitrogens with one attached hydrogen (secondary N) is 1. The molecule has 0 bridgehead atoms. The van der Waals surface area contributed by atoms with Crippen LogP contribution in [0.2, 0.25) is 0 Å². The lowest BCUT2D eigenvalue weighted by Gasteiger charge is -2.13. The first-order valence-corrected chi connectivity index (χ1v) is 6.67. The summed E-state index contributed by atoms with van der Waals surface area (Å²) in [6, 6.07) is 2.31. The molecule has 1 aromatic rings. The predicted octanol–water partition coefficient (Wildman–Crippen LogP) is 2.73. The van der Waals surface area contributed by atoms with E-state index < -0.39 is 11.0 Å².